The molecule has 15 heavy (non-hydrogen) atoms. The zero-order valence-corrected chi connectivity index (χ0v) is 8.63. The fraction of sp³-hybridized carbons (Fsp3) is 0.636. The highest BCUT2D eigenvalue weighted by molar-refractivity contribution is 5.25. The Morgan fingerprint density at radius 2 is 1.67 bits per heavy atom. The molecular weight excluding hydrogens is 196 g/mol. The normalized spacial score (nSPS) is 26.7. The lowest BCUT2D eigenvalue weighted by atomic mass is 9.85. The van der Waals surface area contributed by atoms with Crippen molar-refractivity contribution in [3.05, 3.63) is 23.3 Å². The molecule has 0 aromatic carbocycles. The molecule has 4 heteroatoms. The fourth-order valence-electron chi connectivity index (χ4n) is 1.84. The largest absolute Gasteiger partial charge is 0.396 e. The van der Waals surface area contributed by atoms with Crippen LogP contribution in [0, 0.1) is 0 Å². The van der Waals surface area contributed by atoms with Gasteiger partial charge in [0.25, 0.3) is 0 Å². The van der Waals surface area contributed by atoms with Gasteiger partial charge in [0.15, 0.2) is 0 Å². The van der Waals surface area contributed by atoms with E-state index in [2.05, 4.69) is 0 Å². The Morgan fingerprint density at radius 3 is 2.13 bits per heavy atom. The van der Waals surface area contributed by atoms with Crippen molar-refractivity contribution in [2.24, 2.45) is 0 Å². The van der Waals surface area contributed by atoms with Crippen molar-refractivity contribution in [1.82, 2.24) is 0 Å². The number of aliphatic hydroxyl groups is 4. The van der Waals surface area contributed by atoms with Crippen molar-refractivity contribution in [2.45, 2.75) is 31.5 Å². The van der Waals surface area contributed by atoms with Crippen molar-refractivity contribution in [1.29, 1.82) is 0 Å². The number of aliphatic hydroxyl groups excluding tert-OH is 4. The van der Waals surface area contributed by atoms with Crippen LogP contribution in [-0.2, 0) is 0 Å². The van der Waals surface area contributed by atoms with Crippen LogP contribution in [0.1, 0.15) is 19.3 Å². The van der Waals surface area contributed by atoms with Crippen LogP contribution in [0.25, 0.3) is 0 Å². The van der Waals surface area contributed by atoms with Crippen LogP contribution in [0.4, 0.5) is 0 Å². The molecular formula is C11H18O4. The van der Waals surface area contributed by atoms with E-state index in [0.717, 1.165) is 5.57 Å². The van der Waals surface area contributed by atoms with Gasteiger partial charge in [0.05, 0.1) is 18.8 Å². The van der Waals surface area contributed by atoms with Crippen LogP contribution in [0.3, 0.4) is 0 Å². The predicted molar refractivity (Wildman–Crippen MR) is 56.2 cm³/mol. The summed E-state index contributed by atoms with van der Waals surface area (Å²) in [7, 11) is 0. The summed E-state index contributed by atoms with van der Waals surface area (Å²) in [6, 6.07) is 0. The summed E-state index contributed by atoms with van der Waals surface area (Å²) >= 11 is 0. The Kier molecular flexibility index (Phi) is 4.98. The predicted octanol–water partition coefficient (Wildman–Crippen LogP) is -0.270. The van der Waals surface area contributed by atoms with Gasteiger partial charge in [-0.2, -0.15) is 0 Å². The Labute approximate surface area is 89.2 Å². The van der Waals surface area contributed by atoms with E-state index in [0.29, 0.717) is 24.8 Å². The summed E-state index contributed by atoms with van der Waals surface area (Å²) in [4.78, 5) is 0. The van der Waals surface area contributed by atoms with Gasteiger partial charge in [-0.3, -0.25) is 0 Å². The second-order valence-electron chi connectivity index (χ2n) is 3.70. The van der Waals surface area contributed by atoms with E-state index in [4.69, 9.17) is 10.2 Å². The lowest BCUT2D eigenvalue weighted by molar-refractivity contribution is 0.121. The Hall–Kier alpha value is -0.680. The van der Waals surface area contributed by atoms with E-state index in [1.807, 2.05) is 0 Å². The van der Waals surface area contributed by atoms with Crippen LogP contribution in [-0.4, -0.2) is 45.8 Å². The topological polar surface area (TPSA) is 80.9 Å². The number of rotatable bonds is 3. The minimum absolute atomic E-state index is 0.0161. The third kappa shape index (κ3) is 3.43. The molecule has 4 N–H and O–H groups in total. The van der Waals surface area contributed by atoms with Gasteiger partial charge in [-0.05, 0) is 24.8 Å². The van der Waals surface area contributed by atoms with Crippen LogP contribution in [0.5, 0.6) is 0 Å². The van der Waals surface area contributed by atoms with E-state index in [1.54, 1.807) is 12.2 Å². The molecule has 0 aromatic heterocycles. The fourth-order valence-corrected chi connectivity index (χ4v) is 1.84. The van der Waals surface area contributed by atoms with Crippen molar-refractivity contribution < 1.29 is 20.4 Å². The summed E-state index contributed by atoms with van der Waals surface area (Å²) in [6.07, 6.45) is 3.27. The summed E-state index contributed by atoms with van der Waals surface area (Å²) in [5.41, 5.74) is 1.46. The first-order valence-electron chi connectivity index (χ1n) is 5.14. The quantitative estimate of drug-likeness (QED) is 0.487. The van der Waals surface area contributed by atoms with Crippen LogP contribution < -0.4 is 0 Å². The molecule has 1 aliphatic rings. The van der Waals surface area contributed by atoms with Gasteiger partial charge >= 0.3 is 0 Å². The minimum Gasteiger partial charge on any atom is -0.396 e. The van der Waals surface area contributed by atoms with Gasteiger partial charge in [0.1, 0.15) is 0 Å². The molecule has 0 unspecified atom stereocenters. The molecule has 4 nitrogen and oxygen atoms in total. The van der Waals surface area contributed by atoms with Gasteiger partial charge < -0.3 is 20.4 Å². The number of hydrogen-bond acceptors (Lipinski definition) is 4. The van der Waals surface area contributed by atoms with E-state index in [-0.39, 0.29) is 13.2 Å². The molecule has 0 saturated heterocycles. The van der Waals surface area contributed by atoms with Crippen molar-refractivity contribution in [3.63, 3.8) is 0 Å². The summed E-state index contributed by atoms with van der Waals surface area (Å²) in [5.74, 6) is 0. The van der Waals surface area contributed by atoms with E-state index >= 15 is 0 Å². The van der Waals surface area contributed by atoms with Gasteiger partial charge in [-0.25, -0.2) is 0 Å². The molecule has 0 bridgehead atoms. The van der Waals surface area contributed by atoms with Gasteiger partial charge in [0.2, 0.25) is 0 Å². The lowest BCUT2D eigenvalue weighted by Gasteiger charge is -2.28. The van der Waals surface area contributed by atoms with E-state index in [9.17, 15) is 10.2 Å². The molecule has 0 aromatic rings. The second kappa shape index (κ2) is 6.02. The van der Waals surface area contributed by atoms with Crippen LogP contribution >= 0.6 is 0 Å². The molecule has 1 saturated carbocycles. The molecule has 0 heterocycles. The maximum atomic E-state index is 9.73. The standard InChI is InChI=1S/C11H18O4/c12-4-1-2-9-10(14)6-8(3-5-13)7-11(9)15/h2-3,10-15H,1,4-7H2/t10-,11-/m1/s1. The van der Waals surface area contributed by atoms with Crippen molar-refractivity contribution in [3.8, 4) is 0 Å². The van der Waals surface area contributed by atoms with Crippen LogP contribution in [0.2, 0.25) is 0 Å². The first kappa shape index (κ1) is 12.4. The highest BCUT2D eigenvalue weighted by Gasteiger charge is 2.26. The highest BCUT2D eigenvalue weighted by Crippen LogP contribution is 2.28. The van der Waals surface area contributed by atoms with Gasteiger partial charge in [0, 0.05) is 6.61 Å². The zero-order chi connectivity index (χ0) is 11.3. The molecule has 0 aliphatic heterocycles. The molecule has 1 fully saturated rings. The SMILES string of the molecule is OCC=C1C[C@@H](O)C(=CCCO)[C@H](O)C1. The van der Waals surface area contributed by atoms with E-state index < -0.39 is 12.2 Å². The molecule has 86 valence electrons. The molecule has 1 aliphatic carbocycles. The van der Waals surface area contributed by atoms with Crippen molar-refractivity contribution >= 4 is 0 Å². The average molecular weight is 214 g/mol. The van der Waals surface area contributed by atoms with E-state index in [1.165, 1.54) is 0 Å². The molecule has 0 spiro atoms. The second-order valence-corrected chi connectivity index (χ2v) is 3.70. The van der Waals surface area contributed by atoms with Gasteiger partial charge in [-0.15, -0.1) is 0 Å². The molecule has 1 rings (SSSR count). The molecule has 2 atom stereocenters. The minimum atomic E-state index is -0.696. The highest BCUT2D eigenvalue weighted by atomic mass is 16.3. The average Bonchev–Trinajstić information content (AvgIpc) is 2.17. The van der Waals surface area contributed by atoms with Crippen molar-refractivity contribution in [2.75, 3.05) is 13.2 Å². The number of hydrogen-bond donors (Lipinski definition) is 4. The summed E-state index contributed by atoms with van der Waals surface area (Å²) in [6.45, 7) is -0.0489. The molecule has 0 radical (unpaired) electrons. The van der Waals surface area contributed by atoms with Crippen LogP contribution in [0.15, 0.2) is 23.3 Å². The third-order valence-corrected chi connectivity index (χ3v) is 2.57. The monoisotopic (exact) mass is 214 g/mol. The van der Waals surface area contributed by atoms with Gasteiger partial charge in [-0.1, -0.05) is 17.7 Å². The lowest BCUT2D eigenvalue weighted by Crippen LogP contribution is -2.29. The Balaban J connectivity index is 2.68. The Morgan fingerprint density at radius 1 is 1.07 bits per heavy atom. The zero-order valence-electron chi connectivity index (χ0n) is 8.63. The first-order chi connectivity index (χ1) is 7.19. The Bertz CT molecular complexity index is 241. The third-order valence-electron chi connectivity index (χ3n) is 2.57. The summed E-state index contributed by atoms with van der Waals surface area (Å²) < 4.78 is 0. The molecule has 0 amide bonds. The smallest absolute Gasteiger partial charge is 0.0812 e. The maximum absolute atomic E-state index is 9.73. The maximum Gasteiger partial charge on any atom is 0.0812 e. The summed E-state index contributed by atoms with van der Waals surface area (Å²) in [5, 5.41) is 36.8. The first-order valence-corrected chi connectivity index (χ1v) is 5.14.